The molecular formula is C21H23ClF2N6O4. The van der Waals surface area contributed by atoms with E-state index in [0.29, 0.717) is 0 Å². The number of nitrogens with zero attached hydrogens (tertiary/aromatic N) is 4. The summed E-state index contributed by atoms with van der Waals surface area (Å²) in [7, 11) is 0. The number of hydrogen-bond donors (Lipinski definition) is 4. The molecule has 34 heavy (non-hydrogen) atoms. The van der Waals surface area contributed by atoms with Gasteiger partial charge in [0, 0.05) is 29.8 Å². The van der Waals surface area contributed by atoms with Crippen LogP contribution in [0.4, 0.5) is 14.6 Å². The molecule has 2 aromatic heterocycles. The molecule has 2 saturated heterocycles. The number of fused-ring (bicyclic) bond motifs is 1. The van der Waals surface area contributed by atoms with E-state index >= 15 is 0 Å². The standard InChI is InChI=1S/C21H23ClF2N6O4/c22-10-1-9(2-11(23)3-10)14-4-12(24)5-30(14)21(33)17-16-19(25-8-26-20(16)29-28-17)27-13-6-34-7-15(31)18(13)32/h1,3,8-9,12-15,18,31-32H,2,4-7H2,(H2,25,26,27,28,29)/t9?,12-,13+,14+,15+,18-/m0/s1. The molecule has 0 radical (unpaired) electrons. The number of rotatable bonds is 4. The fraction of sp³-hybridized carbons (Fsp3) is 0.524. The Morgan fingerprint density at radius 2 is 2.15 bits per heavy atom. The zero-order chi connectivity index (χ0) is 24.0. The molecule has 4 N–H and O–H groups in total. The highest BCUT2D eigenvalue weighted by molar-refractivity contribution is 6.31. The van der Waals surface area contributed by atoms with Crippen molar-refractivity contribution in [1.82, 2.24) is 25.1 Å². The normalized spacial score (nSPS) is 32.0. The van der Waals surface area contributed by atoms with Crippen LogP contribution in [0.3, 0.4) is 0 Å². The van der Waals surface area contributed by atoms with Crippen molar-refractivity contribution in [3.63, 3.8) is 0 Å². The van der Waals surface area contributed by atoms with Gasteiger partial charge in [-0.3, -0.25) is 9.89 Å². The maximum atomic E-state index is 14.5. The highest BCUT2D eigenvalue weighted by atomic mass is 35.5. The lowest BCUT2D eigenvalue weighted by Gasteiger charge is -2.32. The topological polar surface area (TPSA) is 136 Å². The van der Waals surface area contributed by atoms with Gasteiger partial charge in [0.25, 0.3) is 5.91 Å². The van der Waals surface area contributed by atoms with Crippen molar-refractivity contribution in [3.8, 4) is 0 Å². The number of aromatic amines is 1. The molecule has 13 heteroatoms. The highest BCUT2D eigenvalue weighted by Crippen LogP contribution is 2.37. The van der Waals surface area contributed by atoms with Crippen LogP contribution >= 0.6 is 11.6 Å². The molecule has 182 valence electrons. The van der Waals surface area contributed by atoms with Crippen LogP contribution in [0.2, 0.25) is 0 Å². The molecule has 1 unspecified atom stereocenters. The minimum Gasteiger partial charge on any atom is -0.388 e. The Morgan fingerprint density at radius 3 is 2.94 bits per heavy atom. The number of alkyl halides is 1. The molecule has 5 rings (SSSR count). The average Bonchev–Trinajstić information content (AvgIpc) is 3.40. The number of halogens is 3. The van der Waals surface area contributed by atoms with E-state index < -0.39 is 48.1 Å². The van der Waals surface area contributed by atoms with Gasteiger partial charge < -0.3 is 25.2 Å². The van der Waals surface area contributed by atoms with Crippen molar-refractivity contribution in [2.75, 3.05) is 25.1 Å². The molecule has 0 aromatic carbocycles. The lowest BCUT2D eigenvalue weighted by atomic mass is 9.90. The van der Waals surface area contributed by atoms with Gasteiger partial charge in [0.2, 0.25) is 0 Å². The fourth-order valence-electron chi connectivity index (χ4n) is 4.79. The Hall–Kier alpha value is -2.67. The van der Waals surface area contributed by atoms with E-state index in [1.807, 2.05) is 0 Å². The van der Waals surface area contributed by atoms with E-state index in [9.17, 15) is 23.8 Å². The van der Waals surface area contributed by atoms with Gasteiger partial charge in [-0.1, -0.05) is 17.7 Å². The molecule has 1 amide bonds. The molecule has 6 atom stereocenters. The van der Waals surface area contributed by atoms with Crippen molar-refractivity contribution >= 4 is 34.4 Å². The summed E-state index contributed by atoms with van der Waals surface area (Å²) >= 11 is 6.02. The van der Waals surface area contributed by atoms with Gasteiger partial charge in [0.1, 0.15) is 36.4 Å². The average molecular weight is 497 g/mol. The number of amides is 1. The predicted octanol–water partition coefficient (Wildman–Crippen LogP) is 1.43. The van der Waals surface area contributed by atoms with Gasteiger partial charge in [-0.05, 0) is 6.08 Å². The first-order chi connectivity index (χ1) is 16.3. The summed E-state index contributed by atoms with van der Waals surface area (Å²) in [5.74, 6) is -1.26. The monoisotopic (exact) mass is 496 g/mol. The SMILES string of the molecule is O=C(c1n[nH]c2ncnc(N[C@@H]3COC[C@@H](O)[C@H]3O)c12)N1C[C@@H](F)C[C@@H]1C1C=C(Cl)C=C(F)C1. The number of carbonyl (C=O) groups excluding carboxylic acids is 1. The van der Waals surface area contributed by atoms with Crippen LogP contribution < -0.4 is 5.32 Å². The molecule has 0 spiro atoms. The highest BCUT2D eigenvalue weighted by Gasteiger charge is 2.42. The largest absolute Gasteiger partial charge is 0.388 e. The van der Waals surface area contributed by atoms with Crippen LogP contribution in [0.1, 0.15) is 23.3 Å². The van der Waals surface area contributed by atoms with Gasteiger partial charge in [-0.15, -0.1) is 0 Å². The minimum absolute atomic E-state index is 0.00410. The van der Waals surface area contributed by atoms with Gasteiger partial charge in [-0.25, -0.2) is 18.7 Å². The second-order valence-electron chi connectivity index (χ2n) is 8.73. The summed E-state index contributed by atoms with van der Waals surface area (Å²) in [6.07, 6.45) is 0.713. The third-order valence-corrected chi connectivity index (χ3v) is 6.66. The predicted molar refractivity (Wildman–Crippen MR) is 117 cm³/mol. The Morgan fingerprint density at radius 1 is 1.32 bits per heavy atom. The molecule has 4 heterocycles. The second-order valence-corrected chi connectivity index (χ2v) is 9.17. The first-order valence-corrected chi connectivity index (χ1v) is 11.3. The van der Waals surface area contributed by atoms with E-state index in [-0.39, 0.29) is 60.2 Å². The third-order valence-electron chi connectivity index (χ3n) is 6.42. The maximum absolute atomic E-state index is 14.5. The molecular weight excluding hydrogens is 474 g/mol. The van der Waals surface area contributed by atoms with E-state index in [0.717, 1.165) is 0 Å². The molecule has 1 aliphatic carbocycles. The van der Waals surface area contributed by atoms with Gasteiger partial charge in [0.15, 0.2) is 11.3 Å². The number of likely N-dealkylation sites (tertiary alicyclic amines) is 1. The first kappa shape index (κ1) is 23.1. The number of anilines is 1. The van der Waals surface area contributed by atoms with Crippen molar-refractivity contribution < 1.29 is 28.5 Å². The molecule has 10 nitrogen and oxygen atoms in total. The number of carbonyl (C=O) groups is 1. The van der Waals surface area contributed by atoms with Gasteiger partial charge in [-0.2, -0.15) is 5.10 Å². The number of H-pyrrole nitrogens is 1. The van der Waals surface area contributed by atoms with Gasteiger partial charge in [0.05, 0.1) is 31.2 Å². The molecule has 0 bridgehead atoms. The van der Waals surface area contributed by atoms with E-state index in [2.05, 4.69) is 25.5 Å². The zero-order valence-electron chi connectivity index (χ0n) is 17.9. The van der Waals surface area contributed by atoms with Crippen LogP contribution in [0.5, 0.6) is 0 Å². The Kier molecular flexibility index (Phi) is 6.23. The molecule has 3 aliphatic rings. The number of ether oxygens (including phenoxy) is 1. The summed E-state index contributed by atoms with van der Waals surface area (Å²) in [5, 5.41) is 30.4. The zero-order valence-corrected chi connectivity index (χ0v) is 18.6. The second kappa shape index (κ2) is 9.17. The van der Waals surface area contributed by atoms with Crippen LogP contribution in [-0.4, -0.2) is 91.4 Å². The Labute approximate surface area is 197 Å². The lowest BCUT2D eigenvalue weighted by molar-refractivity contribution is -0.0923. The number of aliphatic hydroxyl groups excluding tert-OH is 2. The molecule has 2 aromatic rings. The van der Waals surface area contributed by atoms with Crippen LogP contribution in [-0.2, 0) is 4.74 Å². The Balaban J connectivity index is 1.46. The van der Waals surface area contributed by atoms with E-state index in [1.54, 1.807) is 6.08 Å². The summed E-state index contributed by atoms with van der Waals surface area (Å²) in [4.78, 5) is 23.2. The van der Waals surface area contributed by atoms with Gasteiger partial charge >= 0.3 is 0 Å². The van der Waals surface area contributed by atoms with E-state index in [4.69, 9.17) is 16.3 Å². The molecule has 2 fully saturated rings. The quantitative estimate of drug-likeness (QED) is 0.499. The van der Waals surface area contributed by atoms with Crippen LogP contribution in [0, 0.1) is 5.92 Å². The number of allylic oxidation sites excluding steroid dienone is 3. The summed E-state index contributed by atoms with van der Waals surface area (Å²) < 4.78 is 33.8. The Bertz CT molecular complexity index is 1160. The number of hydrogen-bond acceptors (Lipinski definition) is 8. The fourth-order valence-corrected chi connectivity index (χ4v) is 5.07. The molecule has 0 saturated carbocycles. The van der Waals surface area contributed by atoms with Crippen molar-refractivity contribution in [2.24, 2.45) is 5.92 Å². The summed E-state index contributed by atoms with van der Waals surface area (Å²) in [5.41, 5.74) is 0.223. The van der Waals surface area contributed by atoms with E-state index in [1.165, 1.54) is 17.3 Å². The van der Waals surface area contributed by atoms with Crippen molar-refractivity contribution in [1.29, 1.82) is 0 Å². The minimum atomic E-state index is -1.27. The number of nitrogens with one attached hydrogen (secondary N) is 2. The number of aromatic nitrogens is 4. The lowest BCUT2D eigenvalue weighted by Crippen LogP contribution is -2.51. The maximum Gasteiger partial charge on any atom is 0.275 e. The first-order valence-electron chi connectivity index (χ1n) is 10.9. The smallest absolute Gasteiger partial charge is 0.275 e. The molecule has 2 aliphatic heterocycles. The van der Waals surface area contributed by atoms with Crippen molar-refractivity contribution in [2.45, 2.75) is 43.3 Å². The summed E-state index contributed by atoms with van der Waals surface area (Å²) in [6.45, 7) is -0.0520. The van der Waals surface area contributed by atoms with Crippen molar-refractivity contribution in [3.05, 3.63) is 35.0 Å². The summed E-state index contributed by atoms with van der Waals surface area (Å²) in [6, 6.07) is -1.30. The third kappa shape index (κ3) is 4.26. The van der Waals surface area contributed by atoms with Crippen LogP contribution in [0.25, 0.3) is 11.0 Å². The number of aliphatic hydroxyl groups is 2. The van der Waals surface area contributed by atoms with Crippen LogP contribution in [0.15, 0.2) is 29.3 Å².